The Morgan fingerprint density at radius 2 is 1.87 bits per heavy atom. The van der Waals surface area contributed by atoms with Gasteiger partial charge in [-0.15, -0.1) is 11.3 Å². The first-order chi connectivity index (χ1) is 14.7. The molecule has 2 aromatic rings. The number of likely N-dealkylation sites (tertiary alicyclic amines) is 1. The molecule has 4 rings (SSSR count). The average molecular weight is 434 g/mol. The van der Waals surface area contributed by atoms with Crippen LogP contribution in [-0.2, 0) is 6.42 Å². The van der Waals surface area contributed by atoms with Crippen LogP contribution in [0.25, 0.3) is 0 Å². The van der Waals surface area contributed by atoms with Gasteiger partial charge in [0.2, 0.25) is 0 Å². The van der Waals surface area contributed by atoms with E-state index in [2.05, 4.69) is 27.0 Å². The van der Waals surface area contributed by atoms with E-state index in [1.807, 2.05) is 24.3 Å². The van der Waals surface area contributed by atoms with Crippen LogP contribution >= 0.6 is 11.3 Å². The van der Waals surface area contributed by atoms with Gasteiger partial charge in [-0.05, 0) is 61.5 Å². The Morgan fingerprint density at radius 3 is 2.63 bits per heavy atom. The van der Waals surface area contributed by atoms with Gasteiger partial charge in [0.25, 0.3) is 0 Å². The molecular formula is C22H31N3O4S. The zero-order chi connectivity index (χ0) is 20.8. The van der Waals surface area contributed by atoms with Crippen molar-refractivity contribution in [3.05, 3.63) is 46.2 Å². The maximum Gasteiger partial charge on any atom is 0.161 e. The van der Waals surface area contributed by atoms with Gasteiger partial charge in [0.15, 0.2) is 17.9 Å². The van der Waals surface area contributed by atoms with Crippen LogP contribution in [0, 0.1) is 0 Å². The van der Waals surface area contributed by atoms with Crippen molar-refractivity contribution in [3.8, 4) is 11.5 Å². The summed E-state index contributed by atoms with van der Waals surface area (Å²) in [5.41, 5.74) is 0.752. The largest absolute Gasteiger partial charge is 0.486 e. The summed E-state index contributed by atoms with van der Waals surface area (Å²) in [4.78, 5) is 3.61. The van der Waals surface area contributed by atoms with E-state index < -0.39 is 12.5 Å². The first kappa shape index (κ1) is 21.5. The highest BCUT2D eigenvalue weighted by Gasteiger charge is 2.27. The van der Waals surface area contributed by atoms with Crippen LogP contribution in [0.3, 0.4) is 0 Å². The molecule has 2 aliphatic heterocycles. The number of nitrogens with zero attached hydrogens (tertiary/aromatic N) is 1. The Labute approximate surface area is 181 Å². The van der Waals surface area contributed by atoms with Crippen molar-refractivity contribution in [1.29, 1.82) is 0 Å². The Hall–Kier alpha value is -1.68. The quantitative estimate of drug-likeness (QED) is 0.425. The van der Waals surface area contributed by atoms with Gasteiger partial charge >= 0.3 is 0 Å². The predicted molar refractivity (Wildman–Crippen MR) is 117 cm³/mol. The molecule has 8 heteroatoms. The van der Waals surface area contributed by atoms with Crippen molar-refractivity contribution in [1.82, 2.24) is 15.5 Å². The summed E-state index contributed by atoms with van der Waals surface area (Å²) < 4.78 is 11.3. The van der Waals surface area contributed by atoms with Crippen molar-refractivity contribution in [2.45, 2.75) is 37.8 Å². The van der Waals surface area contributed by atoms with Crippen LogP contribution in [0.2, 0.25) is 0 Å². The third-order valence-electron chi connectivity index (χ3n) is 5.60. The number of aliphatic hydroxyl groups is 2. The van der Waals surface area contributed by atoms with Crippen LogP contribution < -0.4 is 20.1 Å². The van der Waals surface area contributed by atoms with E-state index in [9.17, 15) is 10.2 Å². The molecule has 164 valence electrons. The standard InChI is InChI=1S/C22H31N3O4S/c26-21(16-5-6-19-20(14-16)29-12-11-28-19)18(15-25-9-1-2-10-25)24-22(27)23-8-7-17-4-3-13-30-17/h3-6,13-14,18,21-24,26-27H,1-2,7-12,15H2/t18-,21-,22?/m1/s1. The maximum atomic E-state index is 11.1. The Bertz CT molecular complexity index is 783. The van der Waals surface area contributed by atoms with Gasteiger partial charge in [-0.3, -0.25) is 10.6 Å². The van der Waals surface area contributed by atoms with Crippen LogP contribution in [-0.4, -0.2) is 66.9 Å². The Kier molecular flexibility index (Phi) is 7.59. The molecule has 0 spiro atoms. The minimum absolute atomic E-state index is 0.324. The minimum atomic E-state index is -0.899. The highest BCUT2D eigenvalue weighted by Crippen LogP contribution is 2.33. The second kappa shape index (κ2) is 10.6. The lowest BCUT2D eigenvalue weighted by atomic mass is 10.0. The first-order valence-corrected chi connectivity index (χ1v) is 11.6. The highest BCUT2D eigenvalue weighted by molar-refractivity contribution is 7.09. The van der Waals surface area contributed by atoms with Crippen LogP contribution in [0.5, 0.6) is 11.5 Å². The lowest BCUT2D eigenvalue weighted by molar-refractivity contribution is 0.0353. The van der Waals surface area contributed by atoms with Crippen molar-refractivity contribution in [2.75, 3.05) is 39.4 Å². The van der Waals surface area contributed by atoms with Crippen molar-refractivity contribution in [3.63, 3.8) is 0 Å². The monoisotopic (exact) mass is 433 g/mol. The van der Waals surface area contributed by atoms with E-state index in [0.717, 1.165) is 25.1 Å². The van der Waals surface area contributed by atoms with Crippen LogP contribution in [0.1, 0.15) is 29.4 Å². The number of hydrogen-bond acceptors (Lipinski definition) is 8. The average Bonchev–Trinajstić information content (AvgIpc) is 3.47. The smallest absolute Gasteiger partial charge is 0.161 e. The fourth-order valence-corrected chi connectivity index (χ4v) is 4.72. The van der Waals surface area contributed by atoms with Crippen LogP contribution in [0.15, 0.2) is 35.7 Å². The molecule has 1 unspecified atom stereocenters. The van der Waals surface area contributed by atoms with E-state index in [0.29, 0.717) is 37.8 Å². The molecule has 2 aliphatic rings. The van der Waals surface area contributed by atoms with E-state index in [1.165, 1.54) is 17.7 Å². The molecular weight excluding hydrogens is 402 g/mol. The summed E-state index contributed by atoms with van der Waals surface area (Å²) in [5, 5.41) is 30.0. The summed E-state index contributed by atoms with van der Waals surface area (Å²) in [6.07, 6.45) is 1.53. The molecule has 0 saturated carbocycles. The molecule has 30 heavy (non-hydrogen) atoms. The number of thiophene rings is 1. The summed E-state index contributed by atoms with van der Waals surface area (Å²) in [6.45, 7) is 4.42. The molecule has 1 aromatic carbocycles. The molecule has 0 aliphatic carbocycles. The van der Waals surface area contributed by atoms with Gasteiger partial charge in [0, 0.05) is 18.0 Å². The van der Waals surface area contributed by atoms with Crippen molar-refractivity contribution < 1.29 is 19.7 Å². The fraction of sp³-hybridized carbons (Fsp3) is 0.545. The summed E-state index contributed by atoms with van der Waals surface area (Å²) in [5.74, 6) is 1.36. The number of aliphatic hydroxyl groups excluding tert-OH is 2. The van der Waals surface area contributed by atoms with Gasteiger partial charge in [0.05, 0.1) is 12.1 Å². The van der Waals surface area contributed by atoms with Gasteiger partial charge < -0.3 is 24.6 Å². The zero-order valence-corrected chi connectivity index (χ0v) is 17.9. The van der Waals surface area contributed by atoms with Crippen molar-refractivity contribution in [2.24, 2.45) is 0 Å². The highest BCUT2D eigenvalue weighted by atomic mass is 32.1. The molecule has 3 heterocycles. The zero-order valence-electron chi connectivity index (χ0n) is 17.1. The number of fused-ring (bicyclic) bond motifs is 1. The molecule has 4 N–H and O–H groups in total. The number of rotatable bonds is 10. The number of benzene rings is 1. The minimum Gasteiger partial charge on any atom is -0.486 e. The number of hydrogen-bond donors (Lipinski definition) is 4. The third kappa shape index (κ3) is 5.72. The summed E-state index contributed by atoms with van der Waals surface area (Å²) in [7, 11) is 0. The van der Waals surface area contributed by atoms with Gasteiger partial charge in [-0.2, -0.15) is 0 Å². The van der Waals surface area contributed by atoms with Gasteiger partial charge in [0.1, 0.15) is 13.2 Å². The normalized spacial score (nSPS) is 19.5. The van der Waals surface area contributed by atoms with E-state index in [-0.39, 0.29) is 6.04 Å². The lowest BCUT2D eigenvalue weighted by Crippen LogP contribution is -2.53. The first-order valence-electron chi connectivity index (χ1n) is 10.7. The Balaban J connectivity index is 1.39. The molecule has 1 saturated heterocycles. The predicted octanol–water partition coefficient (Wildman–Crippen LogP) is 1.71. The second-order valence-electron chi connectivity index (χ2n) is 7.81. The SMILES string of the molecule is OC(NCCc1cccs1)N[C@H](CN1CCCC1)[C@H](O)c1ccc2c(c1)OCCO2. The van der Waals surface area contributed by atoms with Crippen molar-refractivity contribution >= 4 is 11.3 Å². The van der Waals surface area contributed by atoms with E-state index in [4.69, 9.17) is 9.47 Å². The molecule has 3 atom stereocenters. The second-order valence-corrected chi connectivity index (χ2v) is 8.85. The van der Waals surface area contributed by atoms with E-state index >= 15 is 0 Å². The molecule has 0 radical (unpaired) electrons. The number of ether oxygens (including phenoxy) is 2. The molecule has 1 aromatic heterocycles. The summed E-state index contributed by atoms with van der Waals surface area (Å²) >= 11 is 1.71. The molecule has 1 fully saturated rings. The topological polar surface area (TPSA) is 86.2 Å². The fourth-order valence-electron chi connectivity index (χ4n) is 4.01. The third-order valence-corrected chi connectivity index (χ3v) is 6.54. The molecule has 0 amide bonds. The maximum absolute atomic E-state index is 11.1. The Morgan fingerprint density at radius 1 is 1.07 bits per heavy atom. The van der Waals surface area contributed by atoms with Gasteiger partial charge in [-0.25, -0.2) is 0 Å². The lowest BCUT2D eigenvalue weighted by Gasteiger charge is -2.31. The molecule has 7 nitrogen and oxygen atoms in total. The molecule has 0 bridgehead atoms. The number of nitrogens with one attached hydrogen (secondary N) is 2. The van der Waals surface area contributed by atoms with Gasteiger partial charge in [-0.1, -0.05) is 12.1 Å². The van der Waals surface area contributed by atoms with Crippen LogP contribution in [0.4, 0.5) is 0 Å². The summed E-state index contributed by atoms with van der Waals surface area (Å²) in [6, 6.07) is 9.35. The van der Waals surface area contributed by atoms with E-state index in [1.54, 1.807) is 11.3 Å².